The maximum absolute atomic E-state index is 11.9. The molecule has 0 fully saturated rings. The molecule has 0 atom stereocenters. The quantitative estimate of drug-likeness (QED) is 0.795. The summed E-state index contributed by atoms with van der Waals surface area (Å²) in [5.74, 6) is 0.904. The van der Waals surface area contributed by atoms with E-state index in [0.717, 1.165) is 11.5 Å². The van der Waals surface area contributed by atoms with E-state index in [9.17, 15) is 4.79 Å². The van der Waals surface area contributed by atoms with Gasteiger partial charge in [-0.25, -0.2) is 9.67 Å². The SMILES string of the molecule is CC(C)n1ncnc1CC(=O)CCc1ccccn1. The van der Waals surface area contributed by atoms with Crippen LogP contribution < -0.4 is 0 Å². The van der Waals surface area contributed by atoms with E-state index in [0.29, 0.717) is 19.3 Å². The molecule has 0 spiro atoms. The van der Waals surface area contributed by atoms with Crippen LogP contribution in [-0.2, 0) is 17.6 Å². The minimum Gasteiger partial charge on any atom is -0.299 e. The van der Waals surface area contributed by atoms with Crippen molar-refractivity contribution in [1.82, 2.24) is 19.7 Å². The zero-order chi connectivity index (χ0) is 13.7. The molecular formula is C14H18N4O. The number of aryl methyl sites for hydroxylation is 1. The molecule has 0 saturated heterocycles. The van der Waals surface area contributed by atoms with E-state index in [4.69, 9.17) is 0 Å². The van der Waals surface area contributed by atoms with E-state index in [-0.39, 0.29) is 11.8 Å². The van der Waals surface area contributed by atoms with Crippen LogP contribution in [0.15, 0.2) is 30.7 Å². The fourth-order valence-corrected chi connectivity index (χ4v) is 1.91. The first kappa shape index (κ1) is 13.4. The molecule has 100 valence electrons. The summed E-state index contributed by atoms with van der Waals surface area (Å²) in [4.78, 5) is 20.3. The molecule has 0 aliphatic rings. The van der Waals surface area contributed by atoms with Crippen LogP contribution >= 0.6 is 0 Å². The lowest BCUT2D eigenvalue weighted by molar-refractivity contribution is -0.118. The van der Waals surface area contributed by atoms with Crippen molar-refractivity contribution in [3.8, 4) is 0 Å². The Morgan fingerprint density at radius 3 is 2.84 bits per heavy atom. The molecule has 5 nitrogen and oxygen atoms in total. The first-order valence-corrected chi connectivity index (χ1v) is 6.47. The molecule has 0 saturated carbocycles. The fourth-order valence-electron chi connectivity index (χ4n) is 1.91. The van der Waals surface area contributed by atoms with E-state index < -0.39 is 0 Å². The van der Waals surface area contributed by atoms with Crippen LogP contribution in [0, 0.1) is 0 Å². The van der Waals surface area contributed by atoms with E-state index in [2.05, 4.69) is 15.1 Å². The molecule has 19 heavy (non-hydrogen) atoms. The van der Waals surface area contributed by atoms with Crippen LogP contribution in [0.2, 0.25) is 0 Å². The normalized spacial score (nSPS) is 10.9. The van der Waals surface area contributed by atoms with Gasteiger partial charge in [-0.05, 0) is 32.4 Å². The van der Waals surface area contributed by atoms with Gasteiger partial charge in [-0.1, -0.05) is 6.07 Å². The first-order chi connectivity index (χ1) is 9.16. The molecule has 2 rings (SSSR count). The second-order valence-corrected chi connectivity index (χ2v) is 4.75. The summed E-state index contributed by atoms with van der Waals surface area (Å²) in [6, 6.07) is 5.96. The van der Waals surface area contributed by atoms with Crippen molar-refractivity contribution in [2.45, 2.75) is 39.2 Å². The summed E-state index contributed by atoms with van der Waals surface area (Å²) in [7, 11) is 0. The number of hydrogen-bond acceptors (Lipinski definition) is 4. The average molecular weight is 258 g/mol. The predicted octanol–water partition coefficient (Wildman–Crippen LogP) is 2.00. The average Bonchev–Trinajstić information content (AvgIpc) is 2.86. The second kappa shape index (κ2) is 6.22. The lowest BCUT2D eigenvalue weighted by atomic mass is 10.1. The monoisotopic (exact) mass is 258 g/mol. The Hall–Kier alpha value is -2.04. The van der Waals surface area contributed by atoms with Crippen molar-refractivity contribution < 1.29 is 4.79 Å². The van der Waals surface area contributed by atoms with Crippen molar-refractivity contribution in [1.29, 1.82) is 0 Å². The van der Waals surface area contributed by atoms with Crippen molar-refractivity contribution in [2.75, 3.05) is 0 Å². The van der Waals surface area contributed by atoms with Crippen LogP contribution in [0.5, 0.6) is 0 Å². The van der Waals surface area contributed by atoms with E-state index in [1.165, 1.54) is 6.33 Å². The molecule has 0 bridgehead atoms. The first-order valence-electron chi connectivity index (χ1n) is 6.47. The van der Waals surface area contributed by atoms with Gasteiger partial charge in [-0.3, -0.25) is 9.78 Å². The number of nitrogens with zero attached hydrogens (tertiary/aromatic N) is 4. The fraction of sp³-hybridized carbons (Fsp3) is 0.429. The highest BCUT2D eigenvalue weighted by Gasteiger charge is 2.12. The van der Waals surface area contributed by atoms with Crippen molar-refractivity contribution in [3.63, 3.8) is 0 Å². The third-order valence-electron chi connectivity index (χ3n) is 2.88. The van der Waals surface area contributed by atoms with Gasteiger partial charge in [-0.2, -0.15) is 5.10 Å². The molecule has 0 amide bonds. The molecule has 5 heteroatoms. The van der Waals surface area contributed by atoms with Crippen LogP contribution in [0.4, 0.5) is 0 Å². The van der Waals surface area contributed by atoms with Crippen LogP contribution in [0.25, 0.3) is 0 Å². The zero-order valence-electron chi connectivity index (χ0n) is 11.3. The summed E-state index contributed by atoms with van der Waals surface area (Å²) < 4.78 is 1.79. The minimum atomic E-state index is 0.167. The summed E-state index contributed by atoms with van der Waals surface area (Å²) in [5, 5.41) is 4.13. The van der Waals surface area contributed by atoms with Gasteiger partial charge in [0.05, 0.1) is 6.42 Å². The summed E-state index contributed by atoms with van der Waals surface area (Å²) in [5.41, 5.74) is 0.946. The highest BCUT2D eigenvalue weighted by molar-refractivity contribution is 5.80. The van der Waals surface area contributed by atoms with Crippen molar-refractivity contribution in [3.05, 3.63) is 42.2 Å². The molecule has 2 aromatic heterocycles. The number of hydrogen-bond donors (Lipinski definition) is 0. The topological polar surface area (TPSA) is 60.7 Å². The predicted molar refractivity (Wildman–Crippen MR) is 71.7 cm³/mol. The Balaban J connectivity index is 1.89. The second-order valence-electron chi connectivity index (χ2n) is 4.75. The molecule has 2 aromatic rings. The molecular weight excluding hydrogens is 240 g/mol. The van der Waals surface area contributed by atoms with E-state index in [1.54, 1.807) is 10.9 Å². The Bertz CT molecular complexity index is 533. The van der Waals surface area contributed by atoms with Crippen LogP contribution in [0.1, 0.15) is 37.8 Å². The highest BCUT2D eigenvalue weighted by Crippen LogP contribution is 2.08. The maximum atomic E-state index is 11.9. The maximum Gasteiger partial charge on any atom is 0.140 e. The van der Waals surface area contributed by atoms with Gasteiger partial charge in [0.1, 0.15) is 17.9 Å². The Kier molecular flexibility index (Phi) is 4.39. The standard InChI is InChI=1S/C14H18N4O/c1-11(2)18-14(16-10-17-18)9-13(19)7-6-12-5-3-4-8-15-12/h3-5,8,10-11H,6-7,9H2,1-2H3. The Morgan fingerprint density at radius 2 is 2.16 bits per heavy atom. The molecule has 0 aromatic carbocycles. The number of rotatable bonds is 6. The van der Waals surface area contributed by atoms with Gasteiger partial charge in [0, 0.05) is 24.4 Å². The number of Topliss-reactive ketones (excluding diaryl/α,β-unsaturated/α-hetero) is 1. The Labute approximate surface area is 112 Å². The van der Waals surface area contributed by atoms with Crippen molar-refractivity contribution >= 4 is 5.78 Å². The summed E-state index contributed by atoms with van der Waals surface area (Å²) in [6.45, 7) is 4.05. The van der Waals surface area contributed by atoms with Gasteiger partial charge in [0.2, 0.25) is 0 Å². The number of carbonyl (C=O) groups is 1. The van der Waals surface area contributed by atoms with Crippen molar-refractivity contribution in [2.24, 2.45) is 0 Å². The van der Waals surface area contributed by atoms with Gasteiger partial charge >= 0.3 is 0 Å². The smallest absolute Gasteiger partial charge is 0.140 e. The Morgan fingerprint density at radius 1 is 1.32 bits per heavy atom. The largest absolute Gasteiger partial charge is 0.299 e. The lowest BCUT2D eigenvalue weighted by Gasteiger charge is -2.08. The van der Waals surface area contributed by atoms with Crippen LogP contribution in [0.3, 0.4) is 0 Å². The van der Waals surface area contributed by atoms with Gasteiger partial charge in [0.15, 0.2) is 0 Å². The molecule has 0 N–H and O–H groups in total. The number of carbonyl (C=O) groups excluding carboxylic acids is 1. The number of ketones is 1. The minimum absolute atomic E-state index is 0.167. The number of pyridine rings is 1. The molecule has 0 aliphatic heterocycles. The highest BCUT2D eigenvalue weighted by atomic mass is 16.1. The summed E-state index contributed by atoms with van der Waals surface area (Å²) in [6.07, 6.45) is 4.75. The molecule has 0 radical (unpaired) electrons. The van der Waals surface area contributed by atoms with Crippen LogP contribution in [-0.4, -0.2) is 25.5 Å². The van der Waals surface area contributed by atoms with Gasteiger partial charge in [0.25, 0.3) is 0 Å². The number of aromatic nitrogens is 4. The zero-order valence-corrected chi connectivity index (χ0v) is 11.3. The molecule has 0 aliphatic carbocycles. The van der Waals surface area contributed by atoms with E-state index >= 15 is 0 Å². The molecule has 0 unspecified atom stereocenters. The lowest BCUT2D eigenvalue weighted by Crippen LogP contribution is -2.13. The van der Waals surface area contributed by atoms with E-state index in [1.807, 2.05) is 32.0 Å². The van der Waals surface area contributed by atoms with Gasteiger partial charge < -0.3 is 0 Å². The summed E-state index contributed by atoms with van der Waals surface area (Å²) >= 11 is 0. The van der Waals surface area contributed by atoms with Gasteiger partial charge in [-0.15, -0.1) is 0 Å². The third-order valence-corrected chi connectivity index (χ3v) is 2.88. The molecule has 2 heterocycles. The third kappa shape index (κ3) is 3.71.